The van der Waals surface area contributed by atoms with E-state index < -0.39 is 12.5 Å². The molecular weight excluding hydrogens is 448 g/mol. The molecule has 1 heterocycles. The maximum Gasteiger partial charge on any atom is 0.387 e. The summed E-state index contributed by atoms with van der Waals surface area (Å²) in [6.07, 6.45) is 0. The van der Waals surface area contributed by atoms with Gasteiger partial charge in [0.2, 0.25) is 5.91 Å². The van der Waals surface area contributed by atoms with Crippen molar-refractivity contribution in [3.05, 3.63) is 88.7 Å². The van der Waals surface area contributed by atoms with E-state index in [1.54, 1.807) is 30.3 Å². The molecule has 1 N–H and O–H groups in total. The van der Waals surface area contributed by atoms with Gasteiger partial charge < -0.3 is 10.1 Å². The molecule has 168 valence electrons. The summed E-state index contributed by atoms with van der Waals surface area (Å²) in [4.78, 5) is 30.4. The van der Waals surface area contributed by atoms with Gasteiger partial charge >= 0.3 is 6.61 Å². The first-order valence-corrected chi connectivity index (χ1v) is 11.0. The number of ether oxygens (including phenoxy) is 1. The number of benzene rings is 3. The Kier molecular flexibility index (Phi) is 6.69. The summed E-state index contributed by atoms with van der Waals surface area (Å²) in [7, 11) is 0. The van der Waals surface area contributed by atoms with Crippen LogP contribution in [0.5, 0.6) is 5.75 Å². The third-order valence-electron chi connectivity index (χ3n) is 4.75. The number of nitrogens with zero attached hydrogens (tertiary/aromatic N) is 2. The van der Waals surface area contributed by atoms with Crippen molar-refractivity contribution >= 4 is 34.3 Å². The number of halogens is 2. The summed E-state index contributed by atoms with van der Waals surface area (Å²) < 4.78 is 31.2. The summed E-state index contributed by atoms with van der Waals surface area (Å²) in [5, 5.41) is 3.38. The zero-order valence-electron chi connectivity index (χ0n) is 17.5. The average molecular weight is 467 g/mol. The molecule has 1 amide bonds. The highest BCUT2D eigenvalue weighted by Gasteiger charge is 2.16. The van der Waals surface area contributed by atoms with Crippen molar-refractivity contribution in [2.75, 3.05) is 11.1 Å². The number of rotatable bonds is 7. The first kappa shape index (κ1) is 22.5. The molecule has 3 aromatic carbocycles. The number of nitrogens with one attached hydrogen (secondary N) is 1. The molecule has 1 aromatic heterocycles. The predicted octanol–water partition coefficient (Wildman–Crippen LogP) is 5.03. The Labute approximate surface area is 192 Å². The molecule has 0 bridgehead atoms. The van der Waals surface area contributed by atoms with Crippen LogP contribution in [-0.2, 0) is 4.79 Å². The maximum absolute atomic E-state index is 13.2. The monoisotopic (exact) mass is 467 g/mol. The van der Waals surface area contributed by atoms with E-state index in [0.717, 1.165) is 17.3 Å². The lowest BCUT2D eigenvalue weighted by Crippen LogP contribution is -2.23. The van der Waals surface area contributed by atoms with Crippen molar-refractivity contribution in [2.45, 2.75) is 18.7 Å². The highest BCUT2D eigenvalue weighted by atomic mass is 32.2. The molecule has 33 heavy (non-hydrogen) atoms. The fourth-order valence-corrected chi connectivity index (χ4v) is 4.03. The summed E-state index contributed by atoms with van der Waals surface area (Å²) in [5.74, 6) is -0.686. The molecule has 0 fully saturated rings. The topological polar surface area (TPSA) is 73.2 Å². The van der Waals surface area contributed by atoms with Gasteiger partial charge in [-0.05, 0) is 43.3 Å². The molecule has 0 unspecified atom stereocenters. The van der Waals surface area contributed by atoms with Crippen molar-refractivity contribution in [3.8, 4) is 11.4 Å². The van der Waals surface area contributed by atoms with Crippen molar-refractivity contribution < 1.29 is 18.3 Å². The van der Waals surface area contributed by atoms with Crippen LogP contribution < -0.4 is 15.6 Å². The van der Waals surface area contributed by atoms with Crippen LogP contribution in [0.15, 0.2) is 82.7 Å². The van der Waals surface area contributed by atoms with E-state index in [4.69, 9.17) is 0 Å². The lowest BCUT2D eigenvalue weighted by Gasteiger charge is -2.14. The van der Waals surface area contributed by atoms with Crippen LogP contribution >= 0.6 is 11.8 Å². The minimum Gasteiger partial charge on any atom is -0.433 e. The van der Waals surface area contributed by atoms with Crippen LogP contribution in [0.25, 0.3) is 16.6 Å². The lowest BCUT2D eigenvalue weighted by molar-refractivity contribution is -0.113. The standard InChI is InChI=1S/C24H19F2N3O3S/c1-15-10-12-16(13-11-15)29-22(31)17-6-2-3-7-18(17)28-24(29)33-14-21(30)27-19-8-4-5-9-20(19)32-23(25)26/h2-13,23H,14H2,1H3,(H,27,30). The number of para-hydroxylation sites is 3. The molecule has 6 nitrogen and oxygen atoms in total. The fraction of sp³-hybridized carbons (Fsp3) is 0.125. The van der Waals surface area contributed by atoms with Gasteiger partial charge in [0.15, 0.2) is 5.16 Å². The van der Waals surface area contributed by atoms with Gasteiger partial charge in [0.1, 0.15) is 5.75 Å². The molecule has 0 aliphatic rings. The zero-order valence-corrected chi connectivity index (χ0v) is 18.3. The number of aryl methyl sites for hydroxylation is 1. The molecular formula is C24H19F2N3O3S. The smallest absolute Gasteiger partial charge is 0.387 e. The molecule has 9 heteroatoms. The molecule has 4 rings (SSSR count). The van der Waals surface area contributed by atoms with Crippen LogP contribution in [0.1, 0.15) is 5.56 Å². The Bertz CT molecular complexity index is 1360. The molecule has 0 aliphatic carbocycles. The second kappa shape index (κ2) is 9.83. The van der Waals surface area contributed by atoms with Crippen molar-refractivity contribution in [1.82, 2.24) is 9.55 Å². The van der Waals surface area contributed by atoms with E-state index in [1.807, 2.05) is 31.2 Å². The number of hydrogen-bond donors (Lipinski definition) is 1. The van der Waals surface area contributed by atoms with E-state index in [0.29, 0.717) is 21.7 Å². The van der Waals surface area contributed by atoms with Gasteiger partial charge in [-0.1, -0.05) is 53.7 Å². The third kappa shape index (κ3) is 5.20. The van der Waals surface area contributed by atoms with Crippen LogP contribution in [0, 0.1) is 6.92 Å². The average Bonchev–Trinajstić information content (AvgIpc) is 2.80. The van der Waals surface area contributed by atoms with E-state index in [2.05, 4.69) is 15.0 Å². The summed E-state index contributed by atoms with van der Waals surface area (Å²) >= 11 is 1.07. The van der Waals surface area contributed by atoms with Gasteiger partial charge in [0.05, 0.1) is 28.0 Å². The van der Waals surface area contributed by atoms with Crippen LogP contribution in [-0.4, -0.2) is 27.8 Å². The van der Waals surface area contributed by atoms with Gasteiger partial charge in [-0.25, -0.2) is 4.98 Å². The second-order valence-electron chi connectivity index (χ2n) is 7.10. The highest BCUT2D eigenvalue weighted by molar-refractivity contribution is 7.99. The van der Waals surface area contributed by atoms with Gasteiger partial charge in [0.25, 0.3) is 5.56 Å². The summed E-state index contributed by atoms with van der Waals surface area (Å²) in [6, 6.07) is 20.3. The Morgan fingerprint density at radius 1 is 1.06 bits per heavy atom. The largest absolute Gasteiger partial charge is 0.433 e. The zero-order chi connectivity index (χ0) is 23.4. The van der Waals surface area contributed by atoms with Gasteiger partial charge in [0, 0.05) is 0 Å². The Hall–Kier alpha value is -3.72. The first-order valence-electron chi connectivity index (χ1n) is 9.97. The lowest BCUT2D eigenvalue weighted by atomic mass is 10.2. The number of fused-ring (bicyclic) bond motifs is 1. The number of thioether (sulfide) groups is 1. The van der Waals surface area contributed by atoms with Gasteiger partial charge in [-0.3, -0.25) is 14.2 Å². The molecule has 4 aromatic rings. The SMILES string of the molecule is Cc1ccc(-n2c(SCC(=O)Nc3ccccc3OC(F)F)nc3ccccc3c2=O)cc1. The third-order valence-corrected chi connectivity index (χ3v) is 5.69. The summed E-state index contributed by atoms with van der Waals surface area (Å²) in [6.45, 7) is -1.07. The van der Waals surface area contributed by atoms with Gasteiger partial charge in [-0.15, -0.1) is 0 Å². The number of carbonyl (C=O) groups excluding carboxylic acids is 1. The molecule has 0 atom stereocenters. The number of amides is 1. The predicted molar refractivity (Wildman–Crippen MR) is 125 cm³/mol. The first-order chi connectivity index (χ1) is 15.9. The minimum atomic E-state index is -3.01. The molecule has 0 saturated carbocycles. The van der Waals surface area contributed by atoms with E-state index in [1.165, 1.54) is 22.8 Å². The number of carbonyl (C=O) groups is 1. The second-order valence-corrected chi connectivity index (χ2v) is 8.04. The molecule has 0 saturated heterocycles. The maximum atomic E-state index is 13.2. The van der Waals surface area contributed by atoms with Crippen LogP contribution in [0.3, 0.4) is 0 Å². The molecule has 0 spiro atoms. The Morgan fingerprint density at radius 2 is 1.76 bits per heavy atom. The quantitative estimate of drug-likeness (QED) is 0.305. The number of hydrogen-bond acceptors (Lipinski definition) is 5. The van der Waals surface area contributed by atoms with E-state index >= 15 is 0 Å². The highest BCUT2D eigenvalue weighted by Crippen LogP contribution is 2.26. The van der Waals surface area contributed by atoms with Crippen molar-refractivity contribution in [2.24, 2.45) is 0 Å². The van der Waals surface area contributed by atoms with E-state index in [-0.39, 0.29) is 22.7 Å². The summed E-state index contributed by atoms with van der Waals surface area (Å²) in [5.41, 5.74) is 2.07. The number of alkyl halides is 2. The Balaban J connectivity index is 1.62. The molecule has 0 radical (unpaired) electrons. The Morgan fingerprint density at radius 3 is 2.52 bits per heavy atom. The van der Waals surface area contributed by atoms with E-state index in [9.17, 15) is 18.4 Å². The van der Waals surface area contributed by atoms with Crippen LogP contribution in [0.2, 0.25) is 0 Å². The normalized spacial score (nSPS) is 11.0. The molecule has 0 aliphatic heterocycles. The van der Waals surface area contributed by atoms with Crippen molar-refractivity contribution in [3.63, 3.8) is 0 Å². The number of anilines is 1. The fourth-order valence-electron chi connectivity index (χ4n) is 3.22. The van der Waals surface area contributed by atoms with Gasteiger partial charge in [-0.2, -0.15) is 8.78 Å². The minimum absolute atomic E-state index is 0.0976. The van der Waals surface area contributed by atoms with Crippen molar-refractivity contribution in [1.29, 1.82) is 0 Å². The van der Waals surface area contributed by atoms with Crippen LogP contribution in [0.4, 0.5) is 14.5 Å². The number of aromatic nitrogens is 2.